The number of hydrazine groups is 1. The molecule has 0 aliphatic carbocycles. The van der Waals surface area contributed by atoms with Crippen molar-refractivity contribution in [1.29, 1.82) is 0 Å². The van der Waals surface area contributed by atoms with Gasteiger partial charge in [0.25, 0.3) is 0 Å². The molecule has 100 valence electrons. The minimum Gasteiger partial charge on any atom is -0.271 e. The summed E-state index contributed by atoms with van der Waals surface area (Å²) in [5, 5.41) is 0.00494. The molecule has 0 fully saturated rings. The quantitative estimate of drug-likeness (QED) is 0.668. The lowest BCUT2D eigenvalue weighted by Gasteiger charge is -2.17. The van der Waals surface area contributed by atoms with Gasteiger partial charge in [0, 0.05) is 0 Å². The van der Waals surface area contributed by atoms with Crippen molar-refractivity contribution in [2.75, 3.05) is 0 Å². The first-order valence-electron chi connectivity index (χ1n) is 5.70. The highest BCUT2D eigenvalue weighted by atomic mass is 35.5. The molecule has 2 rings (SSSR count). The van der Waals surface area contributed by atoms with E-state index in [1.807, 2.05) is 0 Å². The summed E-state index contributed by atoms with van der Waals surface area (Å²) >= 11 is 5.74. The lowest BCUT2D eigenvalue weighted by atomic mass is 9.98. The Morgan fingerprint density at radius 2 is 1.68 bits per heavy atom. The molecule has 19 heavy (non-hydrogen) atoms. The second-order valence-electron chi connectivity index (χ2n) is 4.28. The van der Waals surface area contributed by atoms with Crippen LogP contribution in [0.15, 0.2) is 36.4 Å². The molecule has 0 heterocycles. The number of halogens is 3. The van der Waals surface area contributed by atoms with Gasteiger partial charge >= 0.3 is 0 Å². The third-order valence-corrected chi connectivity index (χ3v) is 3.26. The van der Waals surface area contributed by atoms with Gasteiger partial charge in [-0.25, -0.2) is 14.2 Å². The van der Waals surface area contributed by atoms with E-state index in [1.165, 1.54) is 18.2 Å². The number of hydrogen-bond acceptors (Lipinski definition) is 2. The van der Waals surface area contributed by atoms with Gasteiger partial charge in [-0.2, -0.15) is 0 Å². The first kappa shape index (κ1) is 13.9. The average molecular weight is 283 g/mol. The lowest BCUT2D eigenvalue weighted by molar-refractivity contribution is 0.596. The van der Waals surface area contributed by atoms with Gasteiger partial charge in [-0.05, 0) is 41.8 Å². The normalized spacial score (nSPS) is 12.5. The minimum absolute atomic E-state index is 0.00494. The van der Waals surface area contributed by atoms with Crippen molar-refractivity contribution in [2.45, 2.75) is 13.0 Å². The Morgan fingerprint density at radius 3 is 2.26 bits per heavy atom. The molecule has 1 atom stereocenters. The largest absolute Gasteiger partial charge is 0.271 e. The Hall–Kier alpha value is -1.49. The van der Waals surface area contributed by atoms with Crippen LogP contribution in [0.2, 0.25) is 5.02 Å². The van der Waals surface area contributed by atoms with Crippen molar-refractivity contribution in [1.82, 2.24) is 5.43 Å². The molecule has 0 aliphatic rings. The molecule has 0 aliphatic heterocycles. The highest BCUT2D eigenvalue weighted by molar-refractivity contribution is 6.30. The number of nitrogens with two attached hydrogens (primary N) is 1. The number of nitrogens with one attached hydrogen (secondary N) is 1. The van der Waals surface area contributed by atoms with Crippen LogP contribution in [0.4, 0.5) is 8.78 Å². The Bertz CT molecular complexity index is 550. The van der Waals surface area contributed by atoms with Crippen molar-refractivity contribution in [2.24, 2.45) is 5.84 Å². The molecule has 0 aromatic heterocycles. The predicted octanol–water partition coefficient (Wildman–Crippen LogP) is 3.48. The fraction of sp³-hybridized carbons (Fsp3) is 0.143. The highest BCUT2D eigenvalue weighted by Gasteiger charge is 2.15. The maximum Gasteiger partial charge on any atom is 0.141 e. The predicted molar refractivity (Wildman–Crippen MR) is 71.7 cm³/mol. The van der Waals surface area contributed by atoms with Crippen LogP contribution in [0.1, 0.15) is 22.7 Å². The van der Waals surface area contributed by atoms with Crippen molar-refractivity contribution in [3.8, 4) is 0 Å². The molecule has 0 spiro atoms. The summed E-state index contributed by atoms with van der Waals surface area (Å²) in [7, 11) is 0. The van der Waals surface area contributed by atoms with E-state index in [4.69, 9.17) is 17.4 Å². The van der Waals surface area contributed by atoms with E-state index < -0.39 is 11.9 Å². The summed E-state index contributed by atoms with van der Waals surface area (Å²) in [4.78, 5) is 0. The summed E-state index contributed by atoms with van der Waals surface area (Å²) < 4.78 is 26.7. The first-order chi connectivity index (χ1) is 9.02. The van der Waals surface area contributed by atoms with Crippen LogP contribution in [0.3, 0.4) is 0 Å². The van der Waals surface area contributed by atoms with Crippen LogP contribution in [0.5, 0.6) is 0 Å². The van der Waals surface area contributed by atoms with Gasteiger partial charge in [0.15, 0.2) is 0 Å². The molecule has 2 aromatic carbocycles. The van der Waals surface area contributed by atoms with Gasteiger partial charge in [-0.3, -0.25) is 5.84 Å². The van der Waals surface area contributed by atoms with Crippen molar-refractivity contribution < 1.29 is 8.78 Å². The summed E-state index contributed by atoms with van der Waals surface area (Å²) in [6.45, 7) is 1.68. The van der Waals surface area contributed by atoms with Crippen LogP contribution in [0, 0.1) is 18.6 Å². The summed E-state index contributed by atoms with van der Waals surface area (Å²) in [5.74, 6) is 4.69. The van der Waals surface area contributed by atoms with Crippen LogP contribution >= 0.6 is 11.6 Å². The molecule has 2 aromatic rings. The van der Waals surface area contributed by atoms with E-state index >= 15 is 0 Å². The maximum absolute atomic E-state index is 13.6. The first-order valence-corrected chi connectivity index (χ1v) is 6.08. The molecule has 1 unspecified atom stereocenters. The van der Waals surface area contributed by atoms with Gasteiger partial charge in [0.05, 0.1) is 11.1 Å². The number of hydrogen-bond donors (Lipinski definition) is 2. The van der Waals surface area contributed by atoms with Crippen molar-refractivity contribution in [3.63, 3.8) is 0 Å². The third kappa shape index (κ3) is 2.92. The molecule has 0 saturated heterocycles. The Labute approximate surface area is 115 Å². The van der Waals surface area contributed by atoms with E-state index in [1.54, 1.807) is 25.1 Å². The van der Waals surface area contributed by atoms with Crippen LogP contribution < -0.4 is 11.3 Å². The van der Waals surface area contributed by atoms with E-state index in [9.17, 15) is 8.78 Å². The lowest BCUT2D eigenvalue weighted by Crippen LogP contribution is -2.29. The maximum atomic E-state index is 13.6. The second-order valence-corrected chi connectivity index (χ2v) is 4.69. The average Bonchev–Trinajstić information content (AvgIpc) is 2.39. The molecular weight excluding hydrogens is 270 g/mol. The van der Waals surface area contributed by atoms with Gasteiger partial charge in [0.1, 0.15) is 11.6 Å². The number of rotatable bonds is 3. The van der Waals surface area contributed by atoms with Gasteiger partial charge in [0.2, 0.25) is 0 Å². The van der Waals surface area contributed by atoms with Crippen molar-refractivity contribution >= 4 is 11.6 Å². The Morgan fingerprint density at radius 1 is 1.05 bits per heavy atom. The molecule has 0 saturated carbocycles. The zero-order chi connectivity index (χ0) is 14.0. The summed E-state index contributed by atoms with van der Waals surface area (Å²) in [6.07, 6.45) is 0. The van der Waals surface area contributed by atoms with Gasteiger partial charge in [-0.1, -0.05) is 29.8 Å². The standard InChI is InChI=1S/C14H13ClF2N2/c1-8-2-3-10(7-13(8)17)14(19-18)9-4-5-12(16)11(15)6-9/h2-7,14,19H,18H2,1H3. The molecule has 0 amide bonds. The zero-order valence-electron chi connectivity index (χ0n) is 10.3. The molecule has 5 heteroatoms. The molecular formula is C14H13ClF2N2. The Kier molecular flexibility index (Phi) is 4.14. The minimum atomic E-state index is -0.503. The zero-order valence-corrected chi connectivity index (χ0v) is 11.0. The topological polar surface area (TPSA) is 38.0 Å². The number of benzene rings is 2. The summed E-state index contributed by atoms with van der Waals surface area (Å²) in [5.41, 5.74) is 4.44. The molecule has 0 radical (unpaired) electrons. The molecule has 2 nitrogen and oxygen atoms in total. The third-order valence-electron chi connectivity index (χ3n) is 2.97. The van der Waals surface area contributed by atoms with E-state index in [0.717, 1.165) is 0 Å². The monoisotopic (exact) mass is 282 g/mol. The van der Waals surface area contributed by atoms with Crippen LogP contribution in [-0.2, 0) is 0 Å². The van der Waals surface area contributed by atoms with Gasteiger partial charge in [-0.15, -0.1) is 0 Å². The summed E-state index contributed by atoms with van der Waals surface area (Å²) in [6, 6.07) is 8.67. The Balaban J connectivity index is 2.43. The van der Waals surface area contributed by atoms with E-state index in [0.29, 0.717) is 16.7 Å². The van der Waals surface area contributed by atoms with Crippen LogP contribution in [-0.4, -0.2) is 0 Å². The highest BCUT2D eigenvalue weighted by Crippen LogP contribution is 2.26. The molecule has 3 N–H and O–H groups in total. The SMILES string of the molecule is Cc1ccc(C(NN)c2ccc(F)c(Cl)c2)cc1F. The molecule has 0 bridgehead atoms. The van der Waals surface area contributed by atoms with E-state index in [-0.39, 0.29) is 10.8 Å². The van der Waals surface area contributed by atoms with E-state index in [2.05, 4.69) is 5.43 Å². The van der Waals surface area contributed by atoms with Gasteiger partial charge < -0.3 is 0 Å². The number of aryl methyl sites for hydroxylation is 1. The van der Waals surface area contributed by atoms with Crippen LogP contribution in [0.25, 0.3) is 0 Å². The van der Waals surface area contributed by atoms with Crippen molar-refractivity contribution in [3.05, 3.63) is 69.7 Å². The second kappa shape index (κ2) is 5.65. The fourth-order valence-electron chi connectivity index (χ4n) is 1.87. The fourth-order valence-corrected chi connectivity index (χ4v) is 2.05. The smallest absolute Gasteiger partial charge is 0.141 e.